The summed E-state index contributed by atoms with van der Waals surface area (Å²) in [4.78, 5) is 5.11. The van der Waals surface area contributed by atoms with Gasteiger partial charge in [-0.1, -0.05) is 13.8 Å². The summed E-state index contributed by atoms with van der Waals surface area (Å²) in [5, 5.41) is 3.59. The van der Waals surface area contributed by atoms with Gasteiger partial charge in [-0.25, -0.2) is 0 Å². The number of nitrogens with one attached hydrogen (secondary N) is 1. The molecule has 0 aromatic heterocycles. The molecule has 0 aliphatic carbocycles. The average Bonchev–Trinajstić information content (AvgIpc) is 2.96. The van der Waals surface area contributed by atoms with E-state index in [2.05, 4.69) is 65.0 Å². The van der Waals surface area contributed by atoms with Crippen LogP contribution in [0.4, 0.5) is 11.4 Å². The zero-order chi connectivity index (χ0) is 15.2. The van der Waals surface area contributed by atoms with Crippen molar-refractivity contribution in [3.8, 4) is 0 Å². The Balaban J connectivity index is 1.50. The summed E-state index contributed by atoms with van der Waals surface area (Å²) in [5.74, 6) is 2.52. The topological polar surface area (TPSA) is 18.5 Å². The van der Waals surface area contributed by atoms with E-state index in [1.807, 2.05) is 0 Å². The van der Waals surface area contributed by atoms with Crippen molar-refractivity contribution in [3.63, 3.8) is 0 Å². The largest absolute Gasteiger partial charge is 0.370 e. The van der Waals surface area contributed by atoms with Gasteiger partial charge in [-0.3, -0.25) is 0 Å². The third-order valence-corrected chi connectivity index (χ3v) is 7.10. The molecule has 3 aliphatic rings. The number of thioether (sulfide) groups is 1. The maximum atomic E-state index is 3.59. The SMILES string of the molecule is C[C@@]12CNC[C@]1(C)CN(c1ccc(N3CCSCC3)cc1)C2. The minimum atomic E-state index is 0.412. The summed E-state index contributed by atoms with van der Waals surface area (Å²) in [7, 11) is 0. The molecule has 0 bridgehead atoms. The first-order valence-corrected chi connectivity index (χ1v) is 9.64. The van der Waals surface area contributed by atoms with Gasteiger partial charge in [0.1, 0.15) is 0 Å². The summed E-state index contributed by atoms with van der Waals surface area (Å²) in [5.41, 5.74) is 3.61. The van der Waals surface area contributed by atoms with Crippen LogP contribution in [0.25, 0.3) is 0 Å². The van der Waals surface area contributed by atoms with E-state index in [-0.39, 0.29) is 0 Å². The van der Waals surface area contributed by atoms with Crippen LogP contribution in [0.3, 0.4) is 0 Å². The molecule has 2 atom stereocenters. The van der Waals surface area contributed by atoms with Crippen LogP contribution in [0.2, 0.25) is 0 Å². The fourth-order valence-corrected chi connectivity index (χ4v) is 5.21. The van der Waals surface area contributed by atoms with Crippen molar-refractivity contribution in [3.05, 3.63) is 24.3 Å². The highest BCUT2D eigenvalue weighted by molar-refractivity contribution is 7.99. The summed E-state index contributed by atoms with van der Waals surface area (Å²) >= 11 is 2.07. The smallest absolute Gasteiger partial charge is 0.0368 e. The first-order valence-electron chi connectivity index (χ1n) is 8.48. The Kier molecular flexibility index (Phi) is 3.57. The lowest BCUT2D eigenvalue weighted by atomic mass is 9.71. The standard InChI is InChI=1S/C18H27N3S/c1-17-11-19-12-18(17,2)14-21(13-17)16-5-3-15(4-6-16)20-7-9-22-10-8-20/h3-6,19H,7-14H2,1-2H3/t17-,18+. The molecule has 3 saturated heterocycles. The van der Waals surface area contributed by atoms with Gasteiger partial charge in [-0.2, -0.15) is 11.8 Å². The van der Waals surface area contributed by atoms with Gasteiger partial charge in [0.25, 0.3) is 0 Å². The van der Waals surface area contributed by atoms with Crippen LogP contribution < -0.4 is 15.1 Å². The van der Waals surface area contributed by atoms with E-state index in [0.717, 1.165) is 13.1 Å². The summed E-state index contributed by atoms with van der Waals surface area (Å²) in [6.45, 7) is 11.9. The van der Waals surface area contributed by atoms with Crippen LogP contribution in [0.1, 0.15) is 13.8 Å². The molecule has 0 unspecified atom stereocenters. The second kappa shape index (κ2) is 5.34. The Morgan fingerprint density at radius 3 is 1.91 bits per heavy atom. The predicted molar refractivity (Wildman–Crippen MR) is 97.3 cm³/mol. The third-order valence-electron chi connectivity index (χ3n) is 6.16. The molecule has 1 N–H and O–H groups in total. The minimum Gasteiger partial charge on any atom is -0.370 e. The quantitative estimate of drug-likeness (QED) is 0.903. The molecular weight excluding hydrogens is 290 g/mol. The Morgan fingerprint density at radius 1 is 0.864 bits per heavy atom. The fraction of sp³-hybridized carbons (Fsp3) is 0.667. The van der Waals surface area contributed by atoms with E-state index in [1.54, 1.807) is 0 Å². The van der Waals surface area contributed by atoms with Crippen LogP contribution in [0.15, 0.2) is 24.3 Å². The molecule has 0 spiro atoms. The molecule has 4 heteroatoms. The third kappa shape index (κ3) is 2.31. The molecule has 3 fully saturated rings. The van der Waals surface area contributed by atoms with E-state index in [0.29, 0.717) is 10.8 Å². The number of anilines is 2. The molecule has 0 radical (unpaired) electrons. The molecule has 3 heterocycles. The van der Waals surface area contributed by atoms with Crippen LogP contribution >= 0.6 is 11.8 Å². The van der Waals surface area contributed by atoms with Crippen molar-refractivity contribution < 1.29 is 0 Å². The van der Waals surface area contributed by atoms with Crippen molar-refractivity contribution in [2.45, 2.75) is 13.8 Å². The first-order chi connectivity index (χ1) is 10.6. The van der Waals surface area contributed by atoms with Gasteiger partial charge in [0, 0.05) is 73.0 Å². The molecule has 0 saturated carbocycles. The molecule has 120 valence electrons. The number of nitrogens with zero attached hydrogens (tertiary/aromatic N) is 2. The maximum Gasteiger partial charge on any atom is 0.0368 e. The van der Waals surface area contributed by atoms with Crippen LogP contribution in [0.5, 0.6) is 0 Å². The van der Waals surface area contributed by atoms with Crippen molar-refractivity contribution in [2.24, 2.45) is 10.8 Å². The molecule has 4 rings (SSSR count). The number of benzene rings is 1. The monoisotopic (exact) mass is 317 g/mol. The van der Waals surface area contributed by atoms with Crippen molar-refractivity contribution in [2.75, 3.05) is 60.6 Å². The van der Waals surface area contributed by atoms with Gasteiger partial charge in [-0.05, 0) is 24.3 Å². The van der Waals surface area contributed by atoms with Crippen LogP contribution in [0, 0.1) is 10.8 Å². The molecule has 3 nitrogen and oxygen atoms in total. The van der Waals surface area contributed by atoms with E-state index in [9.17, 15) is 0 Å². The Hall–Kier alpha value is -0.870. The lowest BCUT2D eigenvalue weighted by Gasteiger charge is -2.30. The lowest BCUT2D eigenvalue weighted by molar-refractivity contribution is 0.212. The van der Waals surface area contributed by atoms with Crippen molar-refractivity contribution >= 4 is 23.1 Å². The number of fused-ring (bicyclic) bond motifs is 1. The molecule has 22 heavy (non-hydrogen) atoms. The van der Waals surface area contributed by atoms with E-state index in [4.69, 9.17) is 0 Å². The molecular formula is C18H27N3S. The normalized spacial score (nSPS) is 35.0. The van der Waals surface area contributed by atoms with Gasteiger partial charge in [0.2, 0.25) is 0 Å². The summed E-state index contributed by atoms with van der Waals surface area (Å²) < 4.78 is 0. The zero-order valence-corrected chi connectivity index (χ0v) is 14.6. The van der Waals surface area contributed by atoms with Crippen LogP contribution in [-0.2, 0) is 0 Å². The molecule has 0 amide bonds. The Bertz CT molecular complexity index is 522. The Morgan fingerprint density at radius 2 is 1.36 bits per heavy atom. The maximum absolute atomic E-state index is 3.59. The highest BCUT2D eigenvalue weighted by atomic mass is 32.2. The van der Waals surface area contributed by atoms with E-state index < -0.39 is 0 Å². The second-order valence-corrected chi connectivity index (χ2v) is 8.92. The number of hydrogen-bond acceptors (Lipinski definition) is 4. The van der Waals surface area contributed by atoms with E-state index >= 15 is 0 Å². The lowest BCUT2D eigenvalue weighted by Crippen LogP contribution is -2.34. The fourth-order valence-electron chi connectivity index (χ4n) is 4.31. The number of rotatable bonds is 2. The molecule has 1 aromatic carbocycles. The molecule has 3 aliphatic heterocycles. The first kappa shape index (κ1) is 14.7. The average molecular weight is 318 g/mol. The second-order valence-electron chi connectivity index (χ2n) is 7.70. The summed E-state index contributed by atoms with van der Waals surface area (Å²) in [6, 6.07) is 9.31. The van der Waals surface area contributed by atoms with Gasteiger partial charge >= 0.3 is 0 Å². The minimum absolute atomic E-state index is 0.412. The highest BCUT2D eigenvalue weighted by Gasteiger charge is 2.54. The summed E-state index contributed by atoms with van der Waals surface area (Å²) in [6.07, 6.45) is 0. The van der Waals surface area contributed by atoms with E-state index in [1.165, 1.54) is 49.1 Å². The highest BCUT2D eigenvalue weighted by Crippen LogP contribution is 2.49. The van der Waals surface area contributed by atoms with Gasteiger partial charge in [-0.15, -0.1) is 0 Å². The van der Waals surface area contributed by atoms with Gasteiger partial charge in [0.05, 0.1) is 0 Å². The molecule has 1 aromatic rings. The van der Waals surface area contributed by atoms with Gasteiger partial charge < -0.3 is 15.1 Å². The number of hydrogen-bond donors (Lipinski definition) is 1. The van der Waals surface area contributed by atoms with Crippen LogP contribution in [-0.4, -0.2) is 50.8 Å². The predicted octanol–water partition coefficient (Wildman–Crippen LogP) is 2.68. The Labute approximate surface area is 138 Å². The van der Waals surface area contributed by atoms with Crippen molar-refractivity contribution in [1.82, 2.24) is 5.32 Å². The van der Waals surface area contributed by atoms with Gasteiger partial charge in [0.15, 0.2) is 0 Å². The zero-order valence-electron chi connectivity index (χ0n) is 13.8. The van der Waals surface area contributed by atoms with Crippen molar-refractivity contribution in [1.29, 1.82) is 0 Å².